The maximum Gasteiger partial charge on any atom is 0.142 e. The second-order valence-corrected chi connectivity index (χ2v) is 6.04. The summed E-state index contributed by atoms with van der Waals surface area (Å²) in [7, 11) is 0. The first-order chi connectivity index (χ1) is 11.2. The van der Waals surface area contributed by atoms with Crippen molar-refractivity contribution in [2.24, 2.45) is 5.92 Å². The summed E-state index contributed by atoms with van der Waals surface area (Å²) in [5.41, 5.74) is 1.02. The molecule has 0 bridgehead atoms. The number of rotatable bonds is 9. The van der Waals surface area contributed by atoms with Gasteiger partial charge in [0.1, 0.15) is 17.6 Å². The number of anilines is 1. The van der Waals surface area contributed by atoms with Crippen LogP contribution in [-0.4, -0.2) is 19.3 Å². The molecule has 1 atom stereocenters. The molecule has 2 rings (SSSR count). The Morgan fingerprint density at radius 1 is 0.957 bits per heavy atom. The summed E-state index contributed by atoms with van der Waals surface area (Å²) in [5.74, 6) is 2.31. The van der Waals surface area contributed by atoms with Gasteiger partial charge in [-0.15, -0.1) is 0 Å². The molecular weight excluding hydrogens is 286 g/mol. The van der Waals surface area contributed by atoms with E-state index in [1.165, 1.54) is 0 Å². The van der Waals surface area contributed by atoms with Gasteiger partial charge in [-0.25, -0.2) is 0 Å². The SMILES string of the molecule is CCC(CNc1ccccc1OCC(C)C)Oc1ccccc1. The summed E-state index contributed by atoms with van der Waals surface area (Å²) in [6, 6.07) is 18.0. The van der Waals surface area contributed by atoms with Crippen LogP contribution in [0.1, 0.15) is 27.2 Å². The molecule has 2 aromatic carbocycles. The molecule has 124 valence electrons. The summed E-state index contributed by atoms with van der Waals surface area (Å²) in [4.78, 5) is 0. The van der Waals surface area contributed by atoms with Crippen molar-refractivity contribution in [3.63, 3.8) is 0 Å². The van der Waals surface area contributed by atoms with E-state index in [0.717, 1.165) is 36.8 Å². The molecule has 0 aliphatic rings. The summed E-state index contributed by atoms with van der Waals surface area (Å²) in [6.07, 6.45) is 1.06. The molecule has 23 heavy (non-hydrogen) atoms. The number of benzene rings is 2. The molecule has 0 radical (unpaired) electrons. The molecule has 0 saturated heterocycles. The Balaban J connectivity index is 1.93. The van der Waals surface area contributed by atoms with Gasteiger partial charge in [-0.3, -0.25) is 0 Å². The van der Waals surface area contributed by atoms with Crippen LogP contribution in [0.2, 0.25) is 0 Å². The fourth-order valence-electron chi connectivity index (χ4n) is 2.18. The van der Waals surface area contributed by atoms with E-state index in [9.17, 15) is 0 Å². The monoisotopic (exact) mass is 313 g/mol. The third-order valence-corrected chi connectivity index (χ3v) is 3.48. The van der Waals surface area contributed by atoms with E-state index in [1.807, 2.05) is 54.6 Å². The third-order valence-electron chi connectivity index (χ3n) is 3.48. The number of hydrogen-bond donors (Lipinski definition) is 1. The molecule has 0 fully saturated rings. The minimum atomic E-state index is 0.121. The van der Waals surface area contributed by atoms with Crippen molar-refractivity contribution >= 4 is 5.69 Å². The molecule has 0 aliphatic carbocycles. The van der Waals surface area contributed by atoms with Crippen molar-refractivity contribution in [2.45, 2.75) is 33.3 Å². The lowest BCUT2D eigenvalue weighted by atomic mass is 10.2. The molecule has 0 aromatic heterocycles. The van der Waals surface area contributed by atoms with E-state index >= 15 is 0 Å². The van der Waals surface area contributed by atoms with Gasteiger partial charge < -0.3 is 14.8 Å². The van der Waals surface area contributed by atoms with E-state index in [-0.39, 0.29) is 6.10 Å². The third kappa shape index (κ3) is 5.85. The fourth-order valence-corrected chi connectivity index (χ4v) is 2.18. The highest BCUT2D eigenvalue weighted by Gasteiger charge is 2.10. The molecule has 0 amide bonds. The number of ether oxygens (including phenoxy) is 2. The zero-order chi connectivity index (χ0) is 16.5. The molecule has 0 saturated carbocycles. The van der Waals surface area contributed by atoms with Gasteiger partial charge in [-0.1, -0.05) is 51.1 Å². The average molecular weight is 313 g/mol. The van der Waals surface area contributed by atoms with Gasteiger partial charge in [0.2, 0.25) is 0 Å². The van der Waals surface area contributed by atoms with Crippen LogP contribution in [0.5, 0.6) is 11.5 Å². The lowest BCUT2D eigenvalue weighted by Gasteiger charge is -2.20. The molecule has 0 aliphatic heterocycles. The largest absolute Gasteiger partial charge is 0.491 e. The van der Waals surface area contributed by atoms with Crippen molar-refractivity contribution < 1.29 is 9.47 Å². The maximum atomic E-state index is 6.02. The molecule has 3 nitrogen and oxygen atoms in total. The zero-order valence-electron chi connectivity index (χ0n) is 14.3. The summed E-state index contributed by atoms with van der Waals surface area (Å²) < 4.78 is 11.9. The highest BCUT2D eigenvalue weighted by atomic mass is 16.5. The Labute approximate surface area is 139 Å². The Kier molecular flexibility index (Phi) is 6.79. The quantitative estimate of drug-likeness (QED) is 0.707. The highest BCUT2D eigenvalue weighted by molar-refractivity contribution is 5.56. The standard InChI is InChI=1S/C20H27NO2/c1-4-17(23-18-10-6-5-7-11-18)14-21-19-12-8-9-13-20(19)22-15-16(2)3/h5-13,16-17,21H,4,14-15H2,1-3H3. The number of para-hydroxylation sites is 3. The molecular formula is C20H27NO2. The predicted octanol–water partition coefficient (Wildman–Crippen LogP) is 4.99. The molecule has 3 heteroatoms. The Morgan fingerprint density at radius 2 is 1.65 bits per heavy atom. The Morgan fingerprint density at radius 3 is 2.35 bits per heavy atom. The minimum absolute atomic E-state index is 0.121. The van der Waals surface area contributed by atoms with Crippen LogP contribution in [-0.2, 0) is 0 Å². The van der Waals surface area contributed by atoms with Crippen LogP contribution in [0, 0.1) is 5.92 Å². The predicted molar refractivity (Wildman–Crippen MR) is 96.4 cm³/mol. The van der Waals surface area contributed by atoms with Crippen molar-refractivity contribution in [1.29, 1.82) is 0 Å². The average Bonchev–Trinajstić information content (AvgIpc) is 2.58. The molecule has 1 unspecified atom stereocenters. The second-order valence-electron chi connectivity index (χ2n) is 6.04. The highest BCUT2D eigenvalue weighted by Crippen LogP contribution is 2.24. The van der Waals surface area contributed by atoms with Crippen molar-refractivity contribution in [3.05, 3.63) is 54.6 Å². The summed E-state index contributed by atoms with van der Waals surface area (Å²) in [5, 5.41) is 3.46. The number of nitrogens with one attached hydrogen (secondary N) is 1. The van der Waals surface area contributed by atoms with Gasteiger partial charge in [0.05, 0.1) is 18.8 Å². The van der Waals surface area contributed by atoms with Crippen LogP contribution in [0.3, 0.4) is 0 Å². The van der Waals surface area contributed by atoms with Gasteiger partial charge in [0, 0.05) is 0 Å². The molecule has 0 spiro atoms. The van der Waals surface area contributed by atoms with Crippen LogP contribution < -0.4 is 14.8 Å². The first-order valence-electron chi connectivity index (χ1n) is 8.36. The van der Waals surface area contributed by atoms with Gasteiger partial charge in [-0.05, 0) is 36.6 Å². The molecule has 0 heterocycles. The first kappa shape index (κ1) is 17.2. The van der Waals surface area contributed by atoms with Crippen molar-refractivity contribution in [3.8, 4) is 11.5 Å². The maximum absolute atomic E-state index is 6.02. The zero-order valence-corrected chi connectivity index (χ0v) is 14.3. The smallest absolute Gasteiger partial charge is 0.142 e. The topological polar surface area (TPSA) is 30.5 Å². The van der Waals surface area contributed by atoms with Crippen molar-refractivity contribution in [1.82, 2.24) is 0 Å². The minimum Gasteiger partial charge on any atom is -0.491 e. The van der Waals surface area contributed by atoms with E-state index in [2.05, 4.69) is 26.1 Å². The lowest BCUT2D eigenvalue weighted by molar-refractivity contribution is 0.209. The summed E-state index contributed by atoms with van der Waals surface area (Å²) >= 11 is 0. The van der Waals surface area contributed by atoms with Gasteiger partial charge >= 0.3 is 0 Å². The van der Waals surface area contributed by atoms with E-state index < -0.39 is 0 Å². The lowest BCUT2D eigenvalue weighted by Crippen LogP contribution is -2.25. The van der Waals surface area contributed by atoms with E-state index in [1.54, 1.807) is 0 Å². The van der Waals surface area contributed by atoms with Gasteiger partial charge in [0.25, 0.3) is 0 Å². The normalized spacial score (nSPS) is 12.0. The van der Waals surface area contributed by atoms with Crippen LogP contribution >= 0.6 is 0 Å². The first-order valence-corrected chi connectivity index (χ1v) is 8.36. The Bertz CT molecular complexity index is 569. The fraction of sp³-hybridized carbons (Fsp3) is 0.400. The van der Waals surface area contributed by atoms with Crippen LogP contribution in [0.4, 0.5) is 5.69 Å². The van der Waals surface area contributed by atoms with E-state index in [0.29, 0.717) is 5.92 Å². The van der Waals surface area contributed by atoms with Crippen molar-refractivity contribution in [2.75, 3.05) is 18.5 Å². The van der Waals surface area contributed by atoms with Crippen LogP contribution in [0.15, 0.2) is 54.6 Å². The van der Waals surface area contributed by atoms with Crippen LogP contribution in [0.25, 0.3) is 0 Å². The molecule has 1 N–H and O–H groups in total. The van der Waals surface area contributed by atoms with Gasteiger partial charge in [-0.2, -0.15) is 0 Å². The van der Waals surface area contributed by atoms with E-state index in [4.69, 9.17) is 9.47 Å². The number of hydrogen-bond acceptors (Lipinski definition) is 3. The molecule has 2 aromatic rings. The van der Waals surface area contributed by atoms with Gasteiger partial charge in [0.15, 0.2) is 0 Å². The summed E-state index contributed by atoms with van der Waals surface area (Å²) in [6.45, 7) is 7.90. The second kappa shape index (κ2) is 9.09. The Hall–Kier alpha value is -2.16.